The molecule has 0 aromatic carbocycles. The SMILES string of the molecule is C[C@@H](O)[C@H]1C(=O)N2C(C(=O)O)=C(S[C@@H]3CN[C@H](COCCCCF)C3)[C@H](C)[C@H]12. The topological polar surface area (TPSA) is 99.1 Å². The number of amides is 1. The van der Waals surface area contributed by atoms with Crippen molar-refractivity contribution in [1.82, 2.24) is 10.2 Å². The van der Waals surface area contributed by atoms with Crippen molar-refractivity contribution in [1.29, 1.82) is 0 Å². The smallest absolute Gasteiger partial charge is 0.353 e. The number of aliphatic hydroxyl groups is 1. The van der Waals surface area contributed by atoms with E-state index in [1.807, 2.05) is 6.92 Å². The van der Waals surface area contributed by atoms with Crippen LogP contribution in [0.4, 0.5) is 4.39 Å². The van der Waals surface area contributed by atoms with E-state index < -0.39 is 18.0 Å². The van der Waals surface area contributed by atoms with Crippen LogP contribution in [0.15, 0.2) is 10.6 Å². The van der Waals surface area contributed by atoms with E-state index in [9.17, 15) is 24.2 Å². The first kappa shape index (κ1) is 21.5. The number of β-lactam (4-membered cyclic amide) rings is 1. The Kier molecular flexibility index (Phi) is 7.01. The van der Waals surface area contributed by atoms with Gasteiger partial charge in [0.1, 0.15) is 5.70 Å². The number of fused-ring (bicyclic) bond motifs is 1. The average Bonchev–Trinajstić information content (AvgIpc) is 3.17. The summed E-state index contributed by atoms with van der Waals surface area (Å²) in [6, 6.07) is -0.0811. The molecule has 3 heterocycles. The second-order valence-electron chi connectivity index (χ2n) is 7.82. The van der Waals surface area contributed by atoms with Gasteiger partial charge < -0.3 is 25.2 Å². The molecule has 0 radical (unpaired) electrons. The molecular formula is C19H29FN2O5S. The van der Waals surface area contributed by atoms with Gasteiger partial charge in [-0.05, 0) is 26.2 Å². The molecule has 0 aliphatic carbocycles. The Morgan fingerprint density at radius 2 is 2.21 bits per heavy atom. The fourth-order valence-electron chi connectivity index (χ4n) is 4.38. The van der Waals surface area contributed by atoms with Crippen LogP contribution in [-0.4, -0.2) is 76.9 Å². The number of thioether (sulfide) groups is 1. The van der Waals surface area contributed by atoms with Gasteiger partial charge in [0.2, 0.25) is 5.91 Å². The number of rotatable bonds is 10. The number of carboxylic acid groups (broad SMARTS) is 1. The molecule has 3 aliphatic rings. The van der Waals surface area contributed by atoms with E-state index in [0.29, 0.717) is 26.1 Å². The lowest BCUT2D eigenvalue weighted by Gasteiger charge is -2.46. The lowest BCUT2D eigenvalue weighted by atomic mass is 9.79. The maximum absolute atomic E-state index is 12.4. The number of ether oxygens (including phenoxy) is 1. The van der Waals surface area contributed by atoms with Crippen LogP contribution in [0.25, 0.3) is 0 Å². The van der Waals surface area contributed by atoms with Crippen LogP contribution >= 0.6 is 11.8 Å². The van der Waals surface area contributed by atoms with Crippen molar-refractivity contribution in [3.8, 4) is 0 Å². The van der Waals surface area contributed by atoms with Gasteiger partial charge in [0.15, 0.2) is 0 Å². The summed E-state index contributed by atoms with van der Waals surface area (Å²) in [5.41, 5.74) is 0.0790. The zero-order valence-corrected chi connectivity index (χ0v) is 17.1. The third-order valence-corrected chi connectivity index (χ3v) is 7.29. The molecule has 2 fully saturated rings. The number of nitrogens with zero attached hydrogens (tertiary/aromatic N) is 1. The predicted molar refractivity (Wildman–Crippen MR) is 103 cm³/mol. The highest BCUT2D eigenvalue weighted by molar-refractivity contribution is 8.03. The van der Waals surface area contributed by atoms with E-state index in [1.165, 1.54) is 16.7 Å². The summed E-state index contributed by atoms with van der Waals surface area (Å²) in [5, 5.41) is 23.2. The van der Waals surface area contributed by atoms with Crippen molar-refractivity contribution >= 4 is 23.6 Å². The molecule has 0 unspecified atom stereocenters. The summed E-state index contributed by atoms with van der Waals surface area (Å²) in [7, 11) is 0. The Morgan fingerprint density at radius 1 is 1.46 bits per heavy atom. The fourth-order valence-corrected chi connectivity index (χ4v) is 5.90. The van der Waals surface area contributed by atoms with Gasteiger partial charge in [-0.2, -0.15) is 0 Å². The van der Waals surface area contributed by atoms with Gasteiger partial charge in [-0.15, -0.1) is 11.8 Å². The number of hydrogen-bond acceptors (Lipinski definition) is 6. The summed E-state index contributed by atoms with van der Waals surface area (Å²) < 4.78 is 17.7. The first-order valence-electron chi connectivity index (χ1n) is 9.89. The van der Waals surface area contributed by atoms with Gasteiger partial charge in [0.25, 0.3) is 0 Å². The molecule has 6 atom stereocenters. The molecular weight excluding hydrogens is 387 g/mol. The quantitative estimate of drug-likeness (QED) is 0.365. The van der Waals surface area contributed by atoms with Crippen LogP contribution in [0.2, 0.25) is 0 Å². The largest absolute Gasteiger partial charge is 0.477 e. The van der Waals surface area contributed by atoms with Gasteiger partial charge in [0, 0.05) is 35.3 Å². The zero-order valence-electron chi connectivity index (χ0n) is 16.3. The molecule has 28 heavy (non-hydrogen) atoms. The van der Waals surface area contributed by atoms with Crippen LogP contribution in [0, 0.1) is 11.8 Å². The molecule has 0 bridgehead atoms. The molecule has 0 saturated carbocycles. The molecule has 0 spiro atoms. The van der Waals surface area contributed by atoms with Crippen molar-refractivity contribution < 1.29 is 28.9 Å². The van der Waals surface area contributed by atoms with E-state index in [4.69, 9.17) is 4.74 Å². The molecule has 9 heteroatoms. The minimum Gasteiger partial charge on any atom is -0.477 e. The predicted octanol–water partition coefficient (Wildman–Crippen LogP) is 1.37. The van der Waals surface area contributed by atoms with E-state index in [0.717, 1.165) is 17.9 Å². The Hall–Kier alpha value is -1.16. The number of carbonyl (C=O) groups excluding carboxylic acids is 1. The fraction of sp³-hybridized carbons (Fsp3) is 0.789. The van der Waals surface area contributed by atoms with Gasteiger partial charge in [-0.1, -0.05) is 6.92 Å². The minimum atomic E-state index is -1.09. The van der Waals surface area contributed by atoms with Crippen molar-refractivity contribution in [2.45, 2.75) is 56.5 Å². The van der Waals surface area contributed by atoms with Crippen molar-refractivity contribution in [2.75, 3.05) is 26.4 Å². The number of aliphatic hydroxyl groups excluding tert-OH is 1. The summed E-state index contributed by atoms with van der Waals surface area (Å²) in [6.45, 7) is 5.04. The molecule has 0 aromatic rings. The number of nitrogens with one attached hydrogen (secondary N) is 1. The number of carbonyl (C=O) groups is 2. The number of hydrogen-bond donors (Lipinski definition) is 3. The van der Waals surface area contributed by atoms with Crippen molar-refractivity contribution in [3.63, 3.8) is 0 Å². The maximum atomic E-state index is 12.4. The minimum absolute atomic E-state index is 0.0790. The number of aliphatic carboxylic acids is 1. The number of alkyl halides is 1. The van der Waals surface area contributed by atoms with Gasteiger partial charge in [-0.25, -0.2) is 4.79 Å². The lowest BCUT2D eigenvalue weighted by molar-refractivity contribution is -0.163. The Bertz CT molecular complexity index is 644. The first-order valence-corrected chi connectivity index (χ1v) is 10.8. The first-order chi connectivity index (χ1) is 13.4. The number of carboxylic acids is 1. The molecule has 3 aliphatic heterocycles. The second-order valence-corrected chi connectivity index (χ2v) is 9.17. The molecule has 3 N–H and O–H groups in total. The van der Waals surface area contributed by atoms with E-state index in [-0.39, 0.29) is 41.5 Å². The third kappa shape index (κ3) is 4.08. The van der Waals surface area contributed by atoms with E-state index >= 15 is 0 Å². The molecule has 2 saturated heterocycles. The monoisotopic (exact) mass is 416 g/mol. The van der Waals surface area contributed by atoms with Gasteiger partial charge >= 0.3 is 5.97 Å². The number of unbranched alkanes of at least 4 members (excludes halogenated alkanes) is 1. The summed E-state index contributed by atoms with van der Waals surface area (Å²) >= 11 is 1.53. The van der Waals surface area contributed by atoms with E-state index in [1.54, 1.807) is 6.92 Å². The van der Waals surface area contributed by atoms with E-state index in [2.05, 4.69) is 5.32 Å². The number of halogens is 1. The molecule has 158 valence electrons. The highest BCUT2D eigenvalue weighted by Crippen LogP contribution is 2.51. The Labute approximate surface area is 168 Å². The Morgan fingerprint density at radius 3 is 2.86 bits per heavy atom. The van der Waals surface area contributed by atoms with Crippen molar-refractivity contribution in [2.24, 2.45) is 11.8 Å². The van der Waals surface area contributed by atoms with Crippen molar-refractivity contribution in [3.05, 3.63) is 10.6 Å². The summed E-state index contributed by atoms with van der Waals surface area (Å²) in [5.74, 6) is -2.03. The van der Waals surface area contributed by atoms with Gasteiger partial charge in [-0.3, -0.25) is 9.18 Å². The average molecular weight is 417 g/mol. The normalized spacial score (nSPS) is 33.2. The zero-order chi connectivity index (χ0) is 20.4. The second kappa shape index (κ2) is 9.11. The van der Waals surface area contributed by atoms with Crippen LogP contribution < -0.4 is 5.32 Å². The van der Waals surface area contributed by atoms with Gasteiger partial charge in [0.05, 0.1) is 31.3 Å². The molecule has 3 rings (SSSR count). The maximum Gasteiger partial charge on any atom is 0.353 e. The lowest BCUT2D eigenvalue weighted by Crippen LogP contribution is -2.63. The third-order valence-electron chi connectivity index (χ3n) is 5.78. The van der Waals surface area contributed by atoms with Crippen LogP contribution in [0.3, 0.4) is 0 Å². The van der Waals surface area contributed by atoms with Crippen LogP contribution in [0.1, 0.15) is 33.1 Å². The highest BCUT2D eigenvalue weighted by atomic mass is 32.2. The van der Waals surface area contributed by atoms with Crippen LogP contribution in [0.5, 0.6) is 0 Å². The van der Waals surface area contributed by atoms with Crippen LogP contribution in [-0.2, 0) is 14.3 Å². The molecule has 1 amide bonds. The summed E-state index contributed by atoms with van der Waals surface area (Å²) in [4.78, 5) is 26.3. The Balaban J connectivity index is 1.59. The molecule has 7 nitrogen and oxygen atoms in total. The summed E-state index contributed by atoms with van der Waals surface area (Å²) in [6.07, 6.45) is 1.28. The molecule has 0 aromatic heterocycles. The highest BCUT2D eigenvalue weighted by Gasteiger charge is 2.60. The standard InChI is InChI=1S/C19H29FN2O5S/c1-10-15-14(11(2)23)18(24)22(15)16(19(25)26)17(10)28-13-7-12(21-8-13)9-27-6-4-3-5-20/h10-15,21,23H,3-9H2,1-2H3,(H,25,26)/t10-,11-,12+,13+,14-,15-/m1/s1.